The van der Waals surface area contributed by atoms with Gasteiger partial charge in [-0.2, -0.15) is 0 Å². The van der Waals surface area contributed by atoms with Gasteiger partial charge in [-0.3, -0.25) is 0 Å². The number of nitrogens with one attached hydrogen (secondary N) is 1. The molecule has 0 amide bonds. The molecule has 0 unspecified atom stereocenters. The molecule has 22 heavy (non-hydrogen) atoms. The maximum Gasteiger partial charge on any atom is 0.167 e. The summed E-state index contributed by atoms with van der Waals surface area (Å²) < 4.78 is 0. The summed E-state index contributed by atoms with van der Waals surface area (Å²) in [5.74, 6) is 1.38. The van der Waals surface area contributed by atoms with Crippen LogP contribution in [0.3, 0.4) is 0 Å². The largest absolute Gasteiger partial charge is 0.390 e. The normalized spacial score (nSPS) is 22.4. The van der Waals surface area contributed by atoms with Crippen molar-refractivity contribution in [2.24, 2.45) is 11.8 Å². The maximum absolute atomic E-state index is 9.87. The Morgan fingerprint density at radius 2 is 1.00 bits per heavy atom. The van der Waals surface area contributed by atoms with Crippen molar-refractivity contribution < 1.29 is 20.2 Å². The Bertz CT molecular complexity index is 266. The average Bonchev–Trinajstić information content (AvgIpc) is 2.59. The molecule has 0 atom stereocenters. The molecule has 130 valence electrons. The first-order valence-corrected chi connectivity index (χ1v) is 9.42. The van der Waals surface area contributed by atoms with Crippen LogP contribution in [0.2, 0.25) is 0 Å². The van der Waals surface area contributed by atoms with Crippen molar-refractivity contribution in [3.05, 3.63) is 0 Å². The predicted molar refractivity (Wildman–Crippen MR) is 87.8 cm³/mol. The second-order valence-corrected chi connectivity index (χ2v) is 7.77. The predicted octanol–water partition coefficient (Wildman–Crippen LogP) is 0.748. The lowest BCUT2D eigenvalue weighted by Gasteiger charge is -2.41. The zero-order valence-corrected chi connectivity index (χ0v) is 14.1. The van der Waals surface area contributed by atoms with Crippen LogP contribution >= 0.6 is 0 Å². The van der Waals surface area contributed by atoms with Gasteiger partial charge >= 0.3 is 0 Å². The lowest BCUT2D eigenvalue weighted by atomic mass is 9.84. The van der Waals surface area contributed by atoms with Crippen LogP contribution in [0.25, 0.3) is 0 Å². The van der Waals surface area contributed by atoms with E-state index in [1.54, 1.807) is 0 Å². The van der Waals surface area contributed by atoms with Crippen molar-refractivity contribution in [1.82, 2.24) is 0 Å². The molecule has 4 heteroatoms. The third kappa shape index (κ3) is 4.67. The van der Waals surface area contributed by atoms with Crippen LogP contribution in [0.5, 0.6) is 0 Å². The molecule has 0 radical (unpaired) electrons. The van der Waals surface area contributed by atoms with Gasteiger partial charge in [-0.15, -0.1) is 0 Å². The second kappa shape index (κ2) is 9.21. The Balaban J connectivity index is 2.03. The molecule has 2 fully saturated rings. The van der Waals surface area contributed by atoms with Crippen LogP contribution < -0.4 is 4.90 Å². The van der Waals surface area contributed by atoms with E-state index in [0.717, 1.165) is 13.1 Å². The molecule has 0 aromatic heterocycles. The average molecular weight is 314 g/mol. The molecular weight excluding hydrogens is 278 g/mol. The fourth-order valence-corrected chi connectivity index (χ4v) is 4.48. The number of rotatable bonds is 8. The first kappa shape index (κ1) is 18.2. The minimum atomic E-state index is -0.769. The van der Waals surface area contributed by atoms with E-state index in [-0.39, 0.29) is 19.8 Å². The molecule has 0 spiro atoms. The number of aliphatic hydroxyl groups excluding tert-OH is 3. The Kier molecular flexibility index (Phi) is 7.61. The van der Waals surface area contributed by atoms with Crippen LogP contribution in [0.4, 0.5) is 0 Å². The van der Waals surface area contributed by atoms with Gasteiger partial charge in [0.1, 0.15) is 19.8 Å². The molecule has 0 heterocycles. The summed E-state index contributed by atoms with van der Waals surface area (Å²) in [6.45, 7) is 1.61. The molecule has 2 saturated carbocycles. The summed E-state index contributed by atoms with van der Waals surface area (Å²) in [5, 5.41) is 29.6. The quantitative estimate of drug-likeness (QED) is 0.534. The number of aliphatic hydroxyl groups is 3. The summed E-state index contributed by atoms with van der Waals surface area (Å²) in [5.41, 5.74) is -0.769. The highest BCUT2D eigenvalue weighted by molar-refractivity contribution is 4.78. The van der Waals surface area contributed by atoms with Crippen LogP contribution in [-0.4, -0.2) is 53.8 Å². The summed E-state index contributed by atoms with van der Waals surface area (Å²) in [4.78, 5) is 1.25. The lowest BCUT2D eigenvalue weighted by Crippen LogP contribution is -3.23. The van der Waals surface area contributed by atoms with Gasteiger partial charge in [-0.25, -0.2) is 0 Å². The molecule has 0 aliphatic heterocycles. The standard InChI is InChI=1S/C18H35NO3/c20-13-18(14-21,15-22)19(11-16-7-3-1-4-8-16)12-17-9-5-2-6-10-17/h16-17,20-22H,1-15H2/p+1. The fraction of sp³-hybridized carbons (Fsp3) is 1.00. The van der Waals surface area contributed by atoms with Crippen molar-refractivity contribution in [1.29, 1.82) is 0 Å². The Hall–Kier alpha value is -0.160. The van der Waals surface area contributed by atoms with Crippen molar-refractivity contribution in [3.63, 3.8) is 0 Å². The topological polar surface area (TPSA) is 65.1 Å². The molecule has 0 saturated heterocycles. The van der Waals surface area contributed by atoms with E-state index < -0.39 is 5.54 Å². The zero-order valence-electron chi connectivity index (χ0n) is 14.1. The van der Waals surface area contributed by atoms with E-state index in [1.807, 2.05) is 0 Å². The summed E-state index contributed by atoms with van der Waals surface area (Å²) in [6, 6.07) is 0. The summed E-state index contributed by atoms with van der Waals surface area (Å²) >= 11 is 0. The van der Waals surface area contributed by atoms with E-state index in [1.165, 1.54) is 69.1 Å². The smallest absolute Gasteiger partial charge is 0.167 e. The molecule has 0 aromatic carbocycles. The molecule has 4 N–H and O–H groups in total. The van der Waals surface area contributed by atoms with Crippen molar-refractivity contribution in [2.45, 2.75) is 69.7 Å². The van der Waals surface area contributed by atoms with Gasteiger partial charge in [0.15, 0.2) is 5.54 Å². The first-order chi connectivity index (χ1) is 10.7. The number of hydrogen-bond acceptors (Lipinski definition) is 3. The van der Waals surface area contributed by atoms with Gasteiger partial charge in [0.05, 0.1) is 13.1 Å². The van der Waals surface area contributed by atoms with E-state index in [2.05, 4.69) is 0 Å². The highest BCUT2D eigenvalue weighted by atomic mass is 16.3. The van der Waals surface area contributed by atoms with Crippen LogP contribution in [0, 0.1) is 11.8 Å². The number of hydrogen-bond donors (Lipinski definition) is 4. The Labute approximate surface area is 135 Å². The van der Waals surface area contributed by atoms with E-state index in [0.29, 0.717) is 11.8 Å². The van der Waals surface area contributed by atoms with Crippen LogP contribution in [0.1, 0.15) is 64.2 Å². The molecule has 2 aliphatic carbocycles. The Morgan fingerprint density at radius 1 is 0.636 bits per heavy atom. The van der Waals surface area contributed by atoms with Gasteiger partial charge in [-0.05, 0) is 25.7 Å². The van der Waals surface area contributed by atoms with Crippen molar-refractivity contribution in [3.8, 4) is 0 Å². The van der Waals surface area contributed by atoms with E-state index >= 15 is 0 Å². The number of quaternary nitrogens is 1. The third-order valence-electron chi connectivity index (χ3n) is 6.18. The maximum atomic E-state index is 9.87. The fourth-order valence-electron chi connectivity index (χ4n) is 4.48. The van der Waals surface area contributed by atoms with Gasteiger partial charge in [0.2, 0.25) is 0 Å². The van der Waals surface area contributed by atoms with E-state index in [4.69, 9.17) is 0 Å². The highest BCUT2D eigenvalue weighted by Crippen LogP contribution is 2.24. The summed E-state index contributed by atoms with van der Waals surface area (Å²) in [7, 11) is 0. The monoisotopic (exact) mass is 314 g/mol. The Morgan fingerprint density at radius 3 is 1.32 bits per heavy atom. The van der Waals surface area contributed by atoms with Gasteiger partial charge in [-0.1, -0.05) is 38.5 Å². The SMILES string of the molecule is OCC(CO)(CO)[NH+](CC1CCCCC1)CC1CCCCC1. The van der Waals surface area contributed by atoms with Crippen LogP contribution in [0.15, 0.2) is 0 Å². The van der Waals surface area contributed by atoms with E-state index in [9.17, 15) is 15.3 Å². The third-order valence-corrected chi connectivity index (χ3v) is 6.18. The highest BCUT2D eigenvalue weighted by Gasteiger charge is 2.41. The van der Waals surface area contributed by atoms with Gasteiger partial charge < -0.3 is 20.2 Å². The molecule has 2 aliphatic rings. The molecule has 0 bridgehead atoms. The van der Waals surface area contributed by atoms with Crippen molar-refractivity contribution in [2.75, 3.05) is 32.9 Å². The van der Waals surface area contributed by atoms with Crippen LogP contribution in [-0.2, 0) is 0 Å². The van der Waals surface area contributed by atoms with Gasteiger partial charge in [0, 0.05) is 11.8 Å². The molecular formula is C18H36NO3+. The minimum absolute atomic E-state index is 0.130. The second-order valence-electron chi connectivity index (χ2n) is 7.77. The minimum Gasteiger partial charge on any atom is -0.390 e. The zero-order chi connectivity index (χ0) is 15.8. The summed E-state index contributed by atoms with van der Waals surface area (Å²) in [6.07, 6.45) is 13.0. The first-order valence-electron chi connectivity index (χ1n) is 9.42. The molecule has 4 nitrogen and oxygen atoms in total. The van der Waals surface area contributed by atoms with Gasteiger partial charge in [0.25, 0.3) is 0 Å². The molecule has 0 aromatic rings. The lowest BCUT2D eigenvalue weighted by molar-refractivity contribution is -0.961. The molecule has 2 rings (SSSR count). The van der Waals surface area contributed by atoms with Crippen molar-refractivity contribution >= 4 is 0 Å².